The van der Waals surface area contributed by atoms with Crippen LogP contribution in [0.25, 0.3) is 0 Å². The smallest absolute Gasteiger partial charge is 0.548 e. The Morgan fingerprint density at radius 2 is 1.92 bits per heavy atom. The van der Waals surface area contributed by atoms with E-state index in [2.05, 4.69) is 0 Å². The molecule has 1 rings (SSSR count). The molecule has 13 heavy (non-hydrogen) atoms. The molecule has 0 aliphatic carbocycles. The van der Waals surface area contributed by atoms with E-state index in [1.807, 2.05) is 30.3 Å². The van der Waals surface area contributed by atoms with Crippen LogP contribution in [0.2, 0.25) is 0 Å². The zero-order chi connectivity index (χ0) is 8.97. The Morgan fingerprint density at radius 1 is 1.38 bits per heavy atom. The van der Waals surface area contributed by atoms with Crippen LogP contribution >= 0.6 is 0 Å². The van der Waals surface area contributed by atoms with E-state index in [1.165, 1.54) is 0 Å². The van der Waals surface area contributed by atoms with Crippen molar-refractivity contribution in [1.82, 2.24) is 0 Å². The standard InChI is InChI=1S/C9H11NO2.Li/c10-8(9(11)12)6-7-4-2-1-3-5-7;/h1-5,8H,6,10H2,(H,11,12);/q;+1/p-1/t8-;/m0./s1. The minimum absolute atomic E-state index is 0. The zero-order valence-corrected chi connectivity index (χ0v) is 7.57. The van der Waals surface area contributed by atoms with E-state index in [0.29, 0.717) is 6.42 Å². The van der Waals surface area contributed by atoms with E-state index in [9.17, 15) is 9.90 Å². The fraction of sp³-hybridized carbons (Fsp3) is 0.222. The van der Waals surface area contributed by atoms with Gasteiger partial charge in [-0.05, 0) is 12.0 Å². The van der Waals surface area contributed by atoms with Gasteiger partial charge < -0.3 is 15.6 Å². The summed E-state index contributed by atoms with van der Waals surface area (Å²) >= 11 is 0. The number of carboxylic acids is 1. The van der Waals surface area contributed by atoms with Gasteiger partial charge in [0.05, 0.1) is 5.97 Å². The Morgan fingerprint density at radius 3 is 2.38 bits per heavy atom. The van der Waals surface area contributed by atoms with Crippen molar-refractivity contribution in [3.05, 3.63) is 35.9 Å². The van der Waals surface area contributed by atoms with Crippen molar-refractivity contribution in [3.8, 4) is 0 Å². The molecule has 0 unspecified atom stereocenters. The number of aliphatic carboxylic acids is 1. The topological polar surface area (TPSA) is 66.2 Å². The monoisotopic (exact) mass is 171 g/mol. The Bertz CT molecular complexity index is 264. The van der Waals surface area contributed by atoms with Crippen LogP contribution in [0.4, 0.5) is 0 Å². The molecule has 0 aromatic heterocycles. The van der Waals surface area contributed by atoms with E-state index >= 15 is 0 Å². The molecule has 64 valence electrons. The molecule has 0 radical (unpaired) electrons. The first-order valence-corrected chi connectivity index (χ1v) is 3.70. The van der Waals surface area contributed by atoms with Crippen LogP contribution in [0.1, 0.15) is 5.56 Å². The van der Waals surface area contributed by atoms with Crippen molar-refractivity contribution in [2.24, 2.45) is 5.73 Å². The number of carbonyl (C=O) groups excluding carboxylic acids is 1. The zero-order valence-electron chi connectivity index (χ0n) is 7.57. The van der Waals surface area contributed by atoms with Crippen molar-refractivity contribution in [2.45, 2.75) is 12.5 Å². The summed E-state index contributed by atoms with van der Waals surface area (Å²) in [6, 6.07) is 8.32. The third-order valence-electron chi connectivity index (χ3n) is 1.60. The van der Waals surface area contributed by atoms with Crippen molar-refractivity contribution < 1.29 is 28.8 Å². The maximum atomic E-state index is 10.3. The first kappa shape index (κ1) is 12.2. The predicted octanol–water partition coefficient (Wildman–Crippen LogP) is -3.69. The van der Waals surface area contributed by atoms with Gasteiger partial charge in [-0.2, -0.15) is 0 Å². The number of benzene rings is 1. The van der Waals surface area contributed by atoms with Gasteiger partial charge in [0.25, 0.3) is 0 Å². The van der Waals surface area contributed by atoms with Gasteiger partial charge >= 0.3 is 18.9 Å². The molecule has 0 aliphatic rings. The summed E-state index contributed by atoms with van der Waals surface area (Å²) in [5.41, 5.74) is 6.20. The molecule has 0 aliphatic heterocycles. The van der Waals surface area contributed by atoms with Crippen LogP contribution in [-0.4, -0.2) is 12.0 Å². The number of carboxylic acid groups (broad SMARTS) is 1. The Kier molecular flexibility index (Phi) is 5.48. The van der Waals surface area contributed by atoms with E-state index < -0.39 is 12.0 Å². The summed E-state index contributed by atoms with van der Waals surface area (Å²) in [5, 5.41) is 10.3. The van der Waals surface area contributed by atoms with Crippen LogP contribution in [0.15, 0.2) is 30.3 Å². The van der Waals surface area contributed by atoms with Crippen molar-refractivity contribution in [2.75, 3.05) is 0 Å². The summed E-state index contributed by atoms with van der Waals surface area (Å²) in [6.07, 6.45) is 0.323. The number of carbonyl (C=O) groups is 1. The second-order valence-electron chi connectivity index (χ2n) is 2.62. The number of hydrogen-bond donors (Lipinski definition) is 1. The van der Waals surface area contributed by atoms with Crippen molar-refractivity contribution in [3.63, 3.8) is 0 Å². The molecule has 4 heteroatoms. The first-order valence-electron chi connectivity index (χ1n) is 3.70. The molecular weight excluding hydrogens is 161 g/mol. The van der Waals surface area contributed by atoms with Gasteiger partial charge in [-0.15, -0.1) is 0 Å². The maximum absolute atomic E-state index is 10.3. The number of hydrogen-bond acceptors (Lipinski definition) is 3. The SMILES string of the molecule is N[C@@H](Cc1ccccc1)C(=O)[O-].[Li+]. The second kappa shape index (κ2) is 5.82. The predicted molar refractivity (Wildman–Crippen MR) is 43.1 cm³/mol. The third kappa shape index (κ3) is 4.14. The minimum atomic E-state index is -1.21. The maximum Gasteiger partial charge on any atom is 1.00 e. The molecule has 0 fully saturated rings. The summed E-state index contributed by atoms with van der Waals surface area (Å²) in [7, 11) is 0. The molecule has 0 bridgehead atoms. The molecule has 1 atom stereocenters. The van der Waals surface area contributed by atoms with E-state index in [0.717, 1.165) is 5.56 Å². The van der Waals surface area contributed by atoms with E-state index in [-0.39, 0.29) is 18.9 Å². The fourth-order valence-electron chi connectivity index (χ4n) is 0.951. The van der Waals surface area contributed by atoms with Gasteiger partial charge in [-0.3, -0.25) is 0 Å². The molecule has 0 saturated heterocycles. The average molecular weight is 171 g/mol. The molecular formula is C9H10LiNO2. The van der Waals surface area contributed by atoms with Gasteiger partial charge in [0.2, 0.25) is 0 Å². The molecule has 3 nitrogen and oxygen atoms in total. The largest absolute Gasteiger partial charge is 1.00 e. The van der Waals surface area contributed by atoms with Gasteiger partial charge in [-0.25, -0.2) is 0 Å². The summed E-state index contributed by atoms with van der Waals surface area (Å²) in [4.78, 5) is 10.3. The quantitative estimate of drug-likeness (QED) is 0.476. The minimum Gasteiger partial charge on any atom is -0.548 e. The number of rotatable bonds is 3. The van der Waals surface area contributed by atoms with Crippen molar-refractivity contribution >= 4 is 5.97 Å². The first-order chi connectivity index (χ1) is 5.70. The normalized spacial score (nSPS) is 11.5. The molecule has 0 amide bonds. The van der Waals surface area contributed by atoms with E-state index in [4.69, 9.17) is 5.73 Å². The summed E-state index contributed by atoms with van der Waals surface area (Å²) in [6.45, 7) is 0. The molecule has 1 aromatic carbocycles. The number of nitrogens with two attached hydrogens (primary N) is 1. The Labute approximate surface area is 89.1 Å². The fourth-order valence-corrected chi connectivity index (χ4v) is 0.951. The van der Waals surface area contributed by atoms with Gasteiger partial charge in [-0.1, -0.05) is 30.3 Å². The molecule has 1 aromatic rings. The van der Waals surface area contributed by atoms with Gasteiger partial charge in [0, 0.05) is 6.04 Å². The summed E-state index contributed by atoms with van der Waals surface area (Å²) < 4.78 is 0. The van der Waals surface area contributed by atoms with Gasteiger partial charge in [0.1, 0.15) is 0 Å². The summed E-state index contributed by atoms with van der Waals surface area (Å²) in [5.74, 6) is -1.21. The molecule has 0 spiro atoms. The van der Waals surface area contributed by atoms with Crippen LogP contribution in [0.5, 0.6) is 0 Å². The van der Waals surface area contributed by atoms with Crippen LogP contribution < -0.4 is 29.7 Å². The van der Waals surface area contributed by atoms with Gasteiger partial charge in [0.15, 0.2) is 0 Å². The average Bonchev–Trinajstić information content (AvgIpc) is 2.06. The Hall–Kier alpha value is -0.753. The third-order valence-corrected chi connectivity index (χ3v) is 1.60. The van der Waals surface area contributed by atoms with Crippen LogP contribution in [-0.2, 0) is 11.2 Å². The van der Waals surface area contributed by atoms with Crippen LogP contribution in [0, 0.1) is 0 Å². The molecule has 0 saturated carbocycles. The second-order valence-corrected chi connectivity index (χ2v) is 2.62. The van der Waals surface area contributed by atoms with Crippen molar-refractivity contribution in [1.29, 1.82) is 0 Å². The van der Waals surface area contributed by atoms with E-state index in [1.54, 1.807) is 0 Å². The molecule has 2 N–H and O–H groups in total. The van der Waals surface area contributed by atoms with Crippen LogP contribution in [0.3, 0.4) is 0 Å². The molecule has 0 heterocycles. The Balaban J connectivity index is 0.00000144.